The molecule has 1 heterocycles. The molecule has 0 unspecified atom stereocenters. The molecule has 0 saturated heterocycles. The van der Waals surface area contributed by atoms with Gasteiger partial charge in [0.05, 0.1) is 0 Å². The van der Waals surface area contributed by atoms with Gasteiger partial charge in [-0.05, 0) is 30.3 Å². The number of hydrogen-bond acceptors (Lipinski definition) is 5. The summed E-state index contributed by atoms with van der Waals surface area (Å²) in [6.45, 7) is 0.0446. The molecule has 2 aromatic rings. The number of nitrogens with one attached hydrogen (secondary N) is 1. The van der Waals surface area contributed by atoms with Crippen molar-refractivity contribution in [1.29, 1.82) is 0 Å². The Balaban J connectivity index is 0.00000312. The number of carbonyl (C=O) groups is 1. The number of amides is 1. The smallest absolute Gasteiger partial charge is 0.272 e. The monoisotopic (exact) mass is 373 g/mol. The highest BCUT2D eigenvalue weighted by Gasteiger charge is 2.10. The number of pyridine rings is 1. The maximum absolute atomic E-state index is 12.2. The molecule has 6 nitrogen and oxygen atoms in total. The molecule has 0 aliphatic carbocycles. The van der Waals surface area contributed by atoms with Gasteiger partial charge >= 0.3 is 0 Å². The summed E-state index contributed by atoms with van der Waals surface area (Å²) in [6.07, 6.45) is -1.29. The fourth-order valence-corrected chi connectivity index (χ4v) is 1.79. The number of benzene rings is 1. The lowest BCUT2D eigenvalue weighted by atomic mass is 10.2. The van der Waals surface area contributed by atoms with Gasteiger partial charge in [-0.3, -0.25) is 4.79 Å². The third-order valence-corrected chi connectivity index (χ3v) is 2.85. The number of aromatic nitrogens is 1. The lowest BCUT2D eigenvalue weighted by Gasteiger charge is -2.09. The van der Waals surface area contributed by atoms with Gasteiger partial charge in [0.25, 0.3) is 12.3 Å². The number of hydrogen-bond donors (Lipinski definition) is 2. The maximum Gasteiger partial charge on any atom is 0.272 e. The van der Waals surface area contributed by atoms with Crippen molar-refractivity contribution in [3.8, 4) is 11.6 Å². The predicted molar refractivity (Wildman–Crippen MR) is 91.9 cm³/mol. The van der Waals surface area contributed by atoms with E-state index in [0.717, 1.165) is 0 Å². The van der Waals surface area contributed by atoms with Crippen molar-refractivity contribution >= 4 is 24.0 Å². The second-order valence-corrected chi connectivity index (χ2v) is 4.70. The number of nitrogens with two attached hydrogens (primary N) is 1. The summed E-state index contributed by atoms with van der Waals surface area (Å²) in [5.41, 5.74) is 6.16. The number of nitrogens with zero attached hydrogens (tertiary/aromatic N) is 1. The van der Waals surface area contributed by atoms with E-state index in [1.54, 1.807) is 24.3 Å². The molecule has 1 aromatic carbocycles. The van der Waals surface area contributed by atoms with E-state index in [4.69, 9.17) is 15.2 Å². The van der Waals surface area contributed by atoms with E-state index in [1.165, 1.54) is 18.3 Å². The fraction of sp³-hybridized carbons (Fsp3) is 0.250. The number of alkyl halides is 2. The summed E-state index contributed by atoms with van der Waals surface area (Å²) in [5, 5.41) is 2.68. The standard InChI is InChI=1S/C16H17F2N3O3.ClH/c17-14(18)10-24-15-9-11(5-7-20-15)16(22)21-12-1-3-13(4-2-12)23-8-6-19;/h1-5,7,9,14H,6,8,10,19H2,(H,21,22);1H. The average molecular weight is 374 g/mol. The first kappa shape index (κ1) is 20.6. The maximum atomic E-state index is 12.2. The number of halogens is 3. The molecular formula is C16H18ClF2N3O3. The summed E-state index contributed by atoms with van der Waals surface area (Å²) in [6, 6.07) is 9.53. The number of anilines is 1. The van der Waals surface area contributed by atoms with Crippen molar-refractivity contribution in [1.82, 2.24) is 4.98 Å². The molecule has 0 saturated carbocycles. The van der Waals surface area contributed by atoms with Crippen LogP contribution in [-0.2, 0) is 0 Å². The van der Waals surface area contributed by atoms with Crippen LogP contribution >= 0.6 is 12.4 Å². The molecule has 0 aliphatic rings. The third kappa shape index (κ3) is 6.90. The van der Waals surface area contributed by atoms with Gasteiger partial charge in [0.15, 0.2) is 6.61 Å². The number of ether oxygens (including phenoxy) is 2. The molecule has 1 amide bonds. The second kappa shape index (κ2) is 10.4. The van der Waals surface area contributed by atoms with Crippen LogP contribution in [0.4, 0.5) is 14.5 Å². The molecule has 0 fully saturated rings. The summed E-state index contributed by atoms with van der Waals surface area (Å²) < 4.78 is 34.4. The van der Waals surface area contributed by atoms with Crippen LogP contribution in [0.1, 0.15) is 10.4 Å². The van der Waals surface area contributed by atoms with Crippen molar-refractivity contribution in [3.05, 3.63) is 48.2 Å². The van der Waals surface area contributed by atoms with E-state index < -0.39 is 18.9 Å². The van der Waals surface area contributed by atoms with Crippen LogP contribution in [0, 0.1) is 0 Å². The molecule has 9 heteroatoms. The lowest BCUT2D eigenvalue weighted by molar-refractivity contribution is 0.0795. The van der Waals surface area contributed by atoms with E-state index in [-0.39, 0.29) is 23.9 Å². The molecule has 0 bridgehead atoms. The normalized spacial score (nSPS) is 10.1. The Morgan fingerprint density at radius 3 is 2.56 bits per heavy atom. The first-order valence-corrected chi connectivity index (χ1v) is 7.20. The van der Waals surface area contributed by atoms with Crippen LogP contribution in [-0.4, -0.2) is 37.1 Å². The Morgan fingerprint density at radius 2 is 1.92 bits per heavy atom. The predicted octanol–water partition coefficient (Wildman–Crippen LogP) is 2.74. The molecule has 1 aromatic heterocycles. The number of carbonyl (C=O) groups excluding carboxylic acids is 1. The van der Waals surface area contributed by atoms with Gasteiger partial charge in [-0.2, -0.15) is 0 Å². The summed E-state index contributed by atoms with van der Waals surface area (Å²) in [4.78, 5) is 15.9. The van der Waals surface area contributed by atoms with Crippen molar-refractivity contribution < 1.29 is 23.0 Å². The first-order valence-electron chi connectivity index (χ1n) is 7.20. The van der Waals surface area contributed by atoms with Gasteiger partial charge in [-0.15, -0.1) is 12.4 Å². The summed E-state index contributed by atoms with van der Waals surface area (Å²) >= 11 is 0. The minimum absolute atomic E-state index is 0. The van der Waals surface area contributed by atoms with Gasteiger partial charge in [-0.1, -0.05) is 0 Å². The molecule has 0 spiro atoms. The third-order valence-electron chi connectivity index (χ3n) is 2.85. The van der Waals surface area contributed by atoms with Crippen LogP contribution in [0.15, 0.2) is 42.6 Å². The minimum Gasteiger partial charge on any atom is -0.492 e. The van der Waals surface area contributed by atoms with Gasteiger partial charge in [-0.25, -0.2) is 13.8 Å². The highest BCUT2D eigenvalue weighted by Crippen LogP contribution is 2.17. The Labute approximate surface area is 149 Å². The molecule has 0 atom stereocenters. The van der Waals surface area contributed by atoms with Gasteiger partial charge in [0, 0.05) is 30.1 Å². The summed E-state index contributed by atoms with van der Waals surface area (Å²) in [7, 11) is 0. The fourth-order valence-electron chi connectivity index (χ4n) is 1.79. The van der Waals surface area contributed by atoms with Crippen LogP contribution < -0.4 is 20.5 Å². The number of rotatable bonds is 8. The van der Waals surface area contributed by atoms with Gasteiger partial charge in [0.2, 0.25) is 5.88 Å². The van der Waals surface area contributed by atoms with Crippen molar-refractivity contribution in [2.75, 3.05) is 25.1 Å². The Morgan fingerprint density at radius 1 is 1.20 bits per heavy atom. The summed E-state index contributed by atoms with van der Waals surface area (Å²) in [5.74, 6) is 0.202. The molecular weight excluding hydrogens is 356 g/mol. The lowest BCUT2D eigenvalue weighted by Crippen LogP contribution is -2.13. The quantitative estimate of drug-likeness (QED) is 0.743. The Bertz CT molecular complexity index is 672. The van der Waals surface area contributed by atoms with E-state index >= 15 is 0 Å². The van der Waals surface area contributed by atoms with Crippen LogP contribution in [0.2, 0.25) is 0 Å². The zero-order chi connectivity index (χ0) is 17.4. The van der Waals surface area contributed by atoms with E-state index in [1.807, 2.05) is 0 Å². The van der Waals surface area contributed by atoms with E-state index in [9.17, 15) is 13.6 Å². The molecule has 136 valence electrons. The largest absolute Gasteiger partial charge is 0.492 e. The minimum atomic E-state index is -2.61. The Hall–Kier alpha value is -2.45. The van der Waals surface area contributed by atoms with Crippen molar-refractivity contribution in [2.45, 2.75) is 6.43 Å². The zero-order valence-electron chi connectivity index (χ0n) is 13.2. The van der Waals surface area contributed by atoms with Gasteiger partial charge in [0.1, 0.15) is 12.4 Å². The van der Waals surface area contributed by atoms with Crippen LogP contribution in [0.3, 0.4) is 0 Å². The van der Waals surface area contributed by atoms with Crippen LogP contribution in [0.5, 0.6) is 11.6 Å². The zero-order valence-corrected chi connectivity index (χ0v) is 14.0. The van der Waals surface area contributed by atoms with E-state index in [0.29, 0.717) is 24.6 Å². The molecule has 0 radical (unpaired) electrons. The van der Waals surface area contributed by atoms with E-state index in [2.05, 4.69) is 10.3 Å². The van der Waals surface area contributed by atoms with Crippen molar-refractivity contribution in [2.24, 2.45) is 5.73 Å². The molecule has 25 heavy (non-hydrogen) atoms. The Kier molecular flexibility index (Phi) is 8.59. The second-order valence-electron chi connectivity index (χ2n) is 4.70. The first-order chi connectivity index (χ1) is 11.6. The SMILES string of the molecule is Cl.NCCOc1ccc(NC(=O)c2ccnc(OCC(F)F)c2)cc1. The molecule has 2 rings (SSSR count). The topological polar surface area (TPSA) is 86.5 Å². The van der Waals surface area contributed by atoms with Crippen LogP contribution in [0.25, 0.3) is 0 Å². The highest BCUT2D eigenvalue weighted by molar-refractivity contribution is 6.04. The highest BCUT2D eigenvalue weighted by atomic mass is 35.5. The average Bonchev–Trinajstić information content (AvgIpc) is 2.59. The molecule has 0 aliphatic heterocycles. The van der Waals surface area contributed by atoms with Gasteiger partial charge < -0.3 is 20.5 Å². The molecule has 3 N–H and O–H groups in total. The van der Waals surface area contributed by atoms with Crippen molar-refractivity contribution in [3.63, 3.8) is 0 Å².